The van der Waals surface area contributed by atoms with E-state index in [9.17, 15) is 19.3 Å². The van der Waals surface area contributed by atoms with Gasteiger partial charge in [-0.3, -0.25) is 14.9 Å². The minimum Gasteiger partial charge on any atom is -0.351 e. The molecule has 1 amide bonds. The van der Waals surface area contributed by atoms with Crippen molar-refractivity contribution >= 4 is 23.2 Å². The number of nitro groups is 1. The molecule has 0 aliphatic heterocycles. The van der Waals surface area contributed by atoms with Crippen LogP contribution in [0.5, 0.6) is 0 Å². The third-order valence-electron chi connectivity index (χ3n) is 2.49. The largest absolute Gasteiger partial charge is 0.351 e. The first kappa shape index (κ1) is 15.4. The Morgan fingerprint density at radius 3 is 2.68 bits per heavy atom. The Balaban J connectivity index is 2.93. The second-order valence-corrected chi connectivity index (χ2v) is 5.17. The van der Waals surface area contributed by atoms with Crippen molar-refractivity contribution in [1.29, 1.82) is 0 Å². The van der Waals surface area contributed by atoms with Crippen LogP contribution in [0.4, 0.5) is 10.1 Å². The van der Waals surface area contributed by atoms with Gasteiger partial charge in [-0.05, 0) is 17.5 Å². The molecular formula is C12H14ClFN2O3. The standard InChI is InChI=1S/C12H14ClFN2O3/c1-12(2,6-13)7-15-11(17)9-5-8(14)3-4-10(9)16(18)19/h3-5H,6-7H2,1-2H3,(H,15,17). The number of nitrogens with zero attached hydrogens (tertiary/aromatic N) is 1. The van der Waals surface area contributed by atoms with Crippen molar-refractivity contribution in [3.05, 3.63) is 39.7 Å². The van der Waals surface area contributed by atoms with Gasteiger partial charge in [0.05, 0.1) is 4.92 Å². The Hall–Kier alpha value is -1.69. The molecule has 0 saturated carbocycles. The van der Waals surface area contributed by atoms with Gasteiger partial charge in [-0.2, -0.15) is 0 Å². The van der Waals surface area contributed by atoms with E-state index in [1.807, 2.05) is 13.8 Å². The van der Waals surface area contributed by atoms with Crippen LogP contribution in [-0.2, 0) is 0 Å². The van der Waals surface area contributed by atoms with Gasteiger partial charge in [-0.1, -0.05) is 13.8 Å². The second-order valence-electron chi connectivity index (χ2n) is 4.90. The second kappa shape index (κ2) is 5.97. The summed E-state index contributed by atoms with van der Waals surface area (Å²) < 4.78 is 13.1. The molecule has 19 heavy (non-hydrogen) atoms. The highest BCUT2D eigenvalue weighted by Crippen LogP contribution is 2.20. The van der Waals surface area contributed by atoms with E-state index < -0.39 is 22.3 Å². The number of rotatable bonds is 5. The Bertz CT molecular complexity index is 506. The molecule has 1 N–H and O–H groups in total. The lowest BCUT2D eigenvalue weighted by atomic mass is 9.96. The van der Waals surface area contributed by atoms with Gasteiger partial charge in [0.25, 0.3) is 11.6 Å². The first-order valence-electron chi connectivity index (χ1n) is 5.55. The van der Waals surface area contributed by atoms with E-state index in [2.05, 4.69) is 5.32 Å². The molecule has 1 aromatic carbocycles. The first-order valence-corrected chi connectivity index (χ1v) is 6.08. The van der Waals surface area contributed by atoms with Crippen molar-refractivity contribution < 1.29 is 14.1 Å². The predicted molar refractivity (Wildman–Crippen MR) is 69.9 cm³/mol. The number of hydrogen-bond donors (Lipinski definition) is 1. The van der Waals surface area contributed by atoms with Crippen molar-refractivity contribution in [2.75, 3.05) is 12.4 Å². The van der Waals surface area contributed by atoms with Crippen LogP contribution in [0.2, 0.25) is 0 Å². The summed E-state index contributed by atoms with van der Waals surface area (Å²) in [4.78, 5) is 21.9. The third kappa shape index (κ3) is 4.17. The van der Waals surface area contributed by atoms with E-state index in [4.69, 9.17) is 11.6 Å². The molecule has 5 nitrogen and oxygen atoms in total. The zero-order valence-electron chi connectivity index (χ0n) is 10.6. The van der Waals surface area contributed by atoms with Gasteiger partial charge in [-0.25, -0.2) is 4.39 Å². The lowest BCUT2D eigenvalue weighted by Crippen LogP contribution is -2.35. The van der Waals surface area contributed by atoms with Crippen LogP contribution >= 0.6 is 11.6 Å². The van der Waals surface area contributed by atoms with Gasteiger partial charge in [0.1, 0.15) is 11.4 Å². The fraction of sp³-hybridized carbons (Fsp3) is 0.417. The number of carbonyl (C=O) groups is 1. The van der Waals surface area contributed by atoms with Crippen LogP contribution in [0.3, 0.4) is 0 Å². The van der Waals surface area contributed by atoms with Crippen molar-refractivity contribution in [2.24, 2.45) is 5.41 Å². The number of amides is 1. The predicted octanol–water partition coefficient (Wildman–Crippen LogP) is 2.73. The number of carbonyl (C=O) groups excluding carboxylic acids is 1. The molecule has 104 valence electrons. The molecule has 0 radical (unpaired) electrons. The summed E-state index contributed by atoms with van der Waals surface area (Å²) >= 11 is 5.71. The zero-order chi connectivity index (χ0) is 14.6. The molecule has 1 rings (SSSR count). The molecule has 0 heterocycles. The van der Waals surface area contributed by atoms with Crippen molar-refractivity contribution in [3.63, 3.8) is 0 Å². The van der Waals surface area contributed by atoms with Crippen LogP contribution in [-0.4, -0.2) is 23.3 Å². The summed E-state index contributed by atoms with van der Waals surface area (Å²) in [5.41, 5.74) is -1.07. The van der Waals surface area contributed by atoms with Crippen molar-refractivity contribution in [3.8, 4) is 0 Å². The van der Waals surface area contributed by atoms with Gasteiger partial charge in [0.2, 0.25) is 0 Å². The number of nitro benzene ring substituents is 1. The normalized spacial score (nSPS) is 11.2. The highest BCUT2D eigenvalue weighted by atomic mass is 35.5. The summed E-state index contributed by atoms with van der Waals surface area (Å²) in [5, 5.41) is 13.3. The van der Waals surface area contributed by atoms with Crippen molar-refractivity contribution in [2.45, 2.75) is 13.8 Å². The van der Waals surface area contributed by atoms with E-state index >= 15 is 0 Å². The van der Waals surface area contributed by atoms with Crippen molar-refractivity contribution in [1.82, 2.24) is 5.32 Å². The molecule has 0 spiro atoms. The molecule has 0 aliphatic carbocycles. The van der Waals surface area contributed by atoms with E-state index in [0.29, 0.717) is 5.88 Å². The van der Waals surface area contributed by atoms with E-state index in [1.165, 1.54) is 0 Å². The molecule has 7 heteroatoms. The Morgan fingerprint density at radius 1 is 1.53 bits per heavy atom. The van der Waals surface area contributed by atoms with Crippen LogP contribution in [0.1, 0.15) is 24.2 Å². The first-order chi connectivity index (χ1) is 8.76. The Kier molecular flexibility index (Phi) is 4.83. The quantitative estimate of drug-likeness (QED) is 0.514. The third-order valence-corrected chi connectivity index (χ3v) is 3.21. The summed E-state index contributed by atoms with van der Waals surface area (Å²) in [6.45, 7) is 3.91. The van der Waals surface area contributed by atoms with E-state index in [-0.39, 0.29) is 17.5 Å². The van der Waals surface area contributed by atoms with Gasteiger partial charge in [0, 0.05) is 18.5 Å². The average molecular weight is 289 g/mol. The lowest BCUT2D eigenvalue weighted by molar-refractivity contribution is -0.385. The zero-order valence-corrected chi connectivity index (χ0v) is 11.3. The molecule has 0 fully saturated rings. The number of hydrogen-bond acceptors (Lipinski definition) is 3. The summed E-state index contributed by atoms with van der Waals surface area (Å²) in [6.07, 6.45) is 0. The maximum Gasteiger partial charge on any atom is 0.282 e. The maximum atomic E-state index is 13.1. The number of alkyl halides is 1. The van der Waals surface area contributed by atoms with Crippen LogP contribution in [0.25, 0.3) is 0 Å². The van der Waals surface area contributed by atoms with E-state index in [0.717, 1.165) is 18.2 Å². The van der Waals surface area contributed by atoms with Crippen LogP contribution in [0, 0.1) is 21.3 Å². The van der Waals surface area contributed by atoms with Gasteiger partial charge >= 0.3 is 0 Å². The minimum atomic E-state index is -0.721. The average Bonchev–Trinajstić information content (AvgIpc) is 2.35. The van der Waals surface area contributed by atoms with Gasteiger partial charge in [-0.15, -0.1) is 11.6 Å². The Labute approximate surface area is 114 Å². The molecular weight excluding hydrogens is 275 g/mol. The summed E-state index contributed by atoms with van der Waals surface area (Å²) in [6, 6.07) is 2.76. The number of benzene rings is 1. The topological polar surface area (TPSA) is 72.2 Å². The van der Waals surface area contributed by atoms with Crippen LogP contribution in [0.15, 0.2) is 18.2 Å². The minimum absolute atomic E-state index is 0.239. The molecule has 1 aromatic rings. The molecule has 0 aromatic heterocycles. The molecule has 0 unspecified atom stereocenters. The smallest absolute Gasteiger partial charge is 0.282 e. The lowest BCUT2D eigenvalue weighted by Gasteiger charge is -2.21. The fourth-order valence-electron chi connectivity index (χ4n) is 1.31. The summed E-state index contributed by atoms with van der Waals surface area (Å²) in [5.74, 6) is -1.07. The SMILES string of the molecule is CC(C)(CCl)CNC(=O)c1cc(F)ccc1[N+](=O)[O-]. The molecule has 0 bridgehead atoms. The molecule has 0 aliphatic rings. The monoisotopic (exact) mass is 288 g/mol. The number of nitrogens with one attached hydrogen (secondary N) is 1. The highest BCUT2D eigenvalue weighted by Gasteiger charge is 2.23. The molecule has 0 saturated heterocycles. The number of halogens is 2. The molecule has 0 atom stereocenters. The fourth-order valence-corrected chi connectivity index (χ4v) is 1.41. The summed E-state index contributed by atoms with van der Waals surface area (Å²) in [7, 11) is 0. The van der Waals surface area contributed by atoms with Crippen LogP contribution < -0.4 is 5.32 Å². The van der Waals surface area contributed by atoms with E-state index in [1.54, 1.807) is 0 Å². The van der Waals surface area contributed by atoms with Gasteiger partial charge < -0.3 is 5.32 Å². The maximum absolute atomic E-state index is 13.1. The van der Waals surface area contributed by atoms with Gasteiger partial charge in [0.15, 0.2) is 0 Å². The highest BCUT2D eigenvalue weighted by molar-refractivity contribution is 6.18. The Morgan fingerprint density at radius 2 is 2.16 bits per heavy atom.